The average molecular weight is 186 g/mol. The van der Waals surface area contributed by atoms with Gasteiger partial charge in [0.15, 0.2) is 0 Å². The van der Waals surface area contributed by atoms with Gasteiger partial charge in [-0.05, 0) is 24.7 Å². The van der Waals surface area contributed by atoms with E-state index < -0.39 is 5.97 Å². The fourth-order valence-corrected chi connectivity index (χ4v) is 2.10. The molecule has 1 saturated carbocycles. The SMILES string of the molecule is CC.CCC1(CC(=O)O)CCCC1. The smallest absolute Gasteiger partial charge is 0.303 e. The molecule has 0 aromatic rings. The summed E-state index contributed by atoms with van der Waals surface area (Å²) in [5.41, 5.74) is 0.159. The summed E-state index contributed by atoms with van der Waals surface area (Å²) >= 11 is 0. The van der Waals surface area contributed by atoms with Crippen LogP contribution in [-0.2, 0) is 4.79 Å². The minimum absolute atomic E-state index is 0.159. The van der Waals surface area contributed by atoms with E-state index in [0.717, 1.165) is 19.3 Å². The van der Waals surface area contributed by atoms with Gasteiger partial charge in [0.2, 0.25) is 0 Å². The van der Waals surface area contributed by atoms with Gasteiger partial charge in [-0.3, -0.25) is 4.79 Å². The van der Waals surface area contributed by atoms with E-state index in [2.05, 4.69) is 6.92 Å². The van der Waals surface area contributed by atoms with Crippen LogP contribution in [0.1, 0.15) is 59.3 Å². The van der Waals surface area contributed by atoms with E-state index in [1.54, 1.807) is 0 Å². The Kier molecular flexibility index (Phi) is 5.76. The van der Waals surface area contributed by atoms with E-state index in [0.29, 0.717) is 6.42 Å². The first-order chi connectivity index (χ1) is 6.18. The number of hydrogen-bond donors (Lipinski definition) is 1. The Morgan fingerprint density at radius 1 is 1.31 bits per heavy atom. The first-order valence-electron chi connectivity index (χ1n) is 5.40. The molecular weight excluding hydrogens is 164 g/mol. The van der Waals surface area contributed by atoms with Crippen molar-refractivity contribution in [2.75, 3.05) is 0 Å². The van der Waals surface area contributed by atoms with Crippen LogP contribution in [-0.4, -0.2) is 11.1 Å². The topological polar surface area (TPSA) is 37.3 Å². The molecule has 13 heavy (non-hydrogen) atoms. The number of carboxylic acids is 1. The molecule has 0 radical (unpaired) electrons. The Bertz CT molecular complexity index is 146. The van der Waals surface area contributed by atoms with Crippen molar-refractivity contribution < 1.29 is 9.90 Å². The van der Waals surface area contributed by atoms with Gasteiger partial charge in [-0.25, -0.2) is 0 Å². The molecule has 2 nitrogen and oxygen atoms in total. The van der Waals surface area contributed by atoms with Gasteiger partial charge in [0.05, 0.1) is 6.42 Å². The lowest BCUT2D eigenvalue weighted by Gasteiger charge is -2.24. The molecule has 1 aliphatic rings. The minimum Gasteiger partial charge on any atom is -0.481 e. The summed E-state index contributed by atoms with van der Waals surface area (Å²) in [4.78, 5) is 10.5. The quantitative estimate of drug-likeness (QED) is 0.733. The summed E-state index contributed by atoms with van der Waals surface area (Å²) < 4.78 is 0. The largest absolute Gasteiger partial charge is 0.481 e. The zero-order chi connectivity index (χ0) is 10.3. The second-order valence-corrected chi connectivity index (χ2v) is 3.63. The number of aliphatic carboxylic acids is 1. The molecule has 0 bridgehead atoms. The van der Waals surface area contributed by atoms with Gasteiger partial charge in [-0.1, -0.05) is 33.6 Å². The Labute approximate surface area is 81.3 Å². The summed E-state index contributed by atoms with van der Waals surface area (Å²) in [7, 11) is 0. The molecule has 0 amide bonds. The zero-order valence-corrected chi connectivity index (χ0v) is 9.10. The molecule has 0 saturated heterocycles. The Hall–Kier alpha value is -0.530. The average Bonchev–Trinajstić information content (AvgIpc) is 2.56. The van der Waals surface area contributed by atoms with Crippen LogP contribution in [0.25, 0.3) is 0 Å². The Balaban J connectivity index is 0.000000671. The number of rotatable bonds is 3. The molecule has 0 aromatic carbocycles. The molecule has 0 unspecified atom stereocenters. The maximum atomic E-state index is 10.5. The van der Waals surface area contributed by atoms with E-state index in [1.165, 1.54) is 12.8 Å². The summed E-state index contributed by atoms with van der Waals surface area (Å²) in [5.74, 6) is -0.631. The van der Waals surface area contributed by atoms with Crippen molar-refractivity contribution in [3.8, 4) is 0 Å². The van der Waals surface area contributed by atoms with Crippen molar-refractivity contribution in [1.82, 2.24) is 0 Å². The van der Waals surface area contributed by atoms with Crippen LogP contribution in [0.4, 0.5) is 0 Å². The van der Waals surface area contributed by atoms with Crippen molar-refractivity contribution in [3.05, 3.63) is 0 Å². The van der Waals surface area contributed by atoms with E-state index in [4.69, 9.17) is 5.11 Å². The van der Waals surface area contributed by atoms with Crippen LogP contribution in [0.15, 0.2) is 0 Å². The molecule has 0 spiro atoms. The van der Waals surface area contributed by atoms with Crippen molar-refractivity contribution in [2.24, 2.45) is 5.41 Å². The summed E-state index contributed by atoms with van der Waals surface area (Å²) in [6, 6.07) is 0. The molecular formula is C11H22O2. The predicted molar refractivity (Wildman–Crippen MR) is 54.8 cm³/mol. The van der Waals surface area contributed by atoms with Gasteiger partial charge in [0.25, 0.3) is 0 Å². The first-order valence-corrected chi connectivity index (χ1v) is 5.40. The number of carbonyl (C=O) groups is 1. The van der Waals surface area contributed by atoms with Crippen LogP contribution in [0.3, 0.4) is 0 Å². The molecule has 1 fully saturated rings. The van der Waals surface area contributed by atoms with Gasteiger partial charge in [0, 0.05) is 0 Å². The van der Waals surface area contributed by atoms with Crippen LogP contribution < -0.4 is 0 Å². The molecule has 0 aliphatic heterocycles. The lowest BCUT2D eigenvalue weighted by Crippen LogP contribution is -2.19. The predicted octanol–water partition coefficient (Wildman–Crippen LogP) is 3.46. The summed E-state index contributed by atoms with van der Waals surface area (Å²) in [6.45, 7) is 6.11. The zero-order valence-electron chi connectivity index (χ0n) is 9.10. The Morgan fingerprint density at radius 3 is 2.08 bits per heavy atom. The van der Waals surface area contributed by atoms with E-state index >= 15 is 0 Å². The molecule has 1 rings (SSSR count). The van der Waals surface area contributed by atoms with Crippen LogP contribution in [0, 0.1) is 5.41 Å². The molecule has 0 heterocycles. The van der Waals surface area contributed by atoms with E-state index in [9.17, 15) is 4.79 Å². The van der Waals surface area contributed by atoms with Gasteiger partial charge < -0.3 is 5.11 Å². The lowest BCUT2D eigenvalue weighted by molar-refractivity contribution is -0.139. The fourth-order valence-electron chi connectivity index (χ4n) is 2.10. The van der Waals surface area contributed by atoms with Crippen molar-refractivity contribution in [1.29, 1.82) is 0 Å². The molecule has 78 valence electrons. The standard InChI is InChI=1S/C9H16O2.C2H6/c1-2-9(7-8(10)11)5-3-4-6-9;1-2/h2-7H2,1H3,(H,10,11);1-2H3. The van der Waals surface area contributed by atoms with Crippen molar-refractivity contribution in [3.63, 3.8) is 0 Å². The minimum atomic E-state index is -0.631. The van der Waals surface area contributed by atoms with Gasteiger partial charge in [-0.15, -0.1) is 0 Å². The molecule has 1 aliphatic carbocycles. The molecule has 0 atom stereocenters. The summed E-state index contributed by atoms with van der Waals surface area (Å²) in [6.07, 6.45) is 6.09. The van der Waals surface area contributed by atoms with Crippen molar-refractivity contribution >= 4 is 5.97 Å². The van der Waals surface area contributed by atoms with Crippen molar-refractivity contribution in [2.45, 2.75) is 59.3 Å². The second kappa shape index (κ2) is 6.01. The molecule has 0 aromatic heterocycles. The fraction of sp³-hybridized carbons (Fsp3) is 0.909. The molecule has 1 N–H and O–H groups in total. The first kappa shape index (κ1) is 12.5. The lowest BCUT2D eigenvalue weighted by atomic mass is 9.80. The highest BCUT2D eigenvalue weighted by Gasteiger charge is 2.33. The van der Waals surface area contributed by atoms with Crippen LogP contribution in [0.5, 0.6) is 0 Å². The summed E-state index contributed by atoms with van der Waals surface area (Å²) in [5, 5.41) is 8.67. The molecule has 2 heteroatoms. The van der Waals surface area contributed by atoms with Gasteiger partial charge in [-0.2, -0.15) is 0 Å². The normalized spacial score (nSPS) is 19.0. The van der Waals surface area contributed by atoms with Gasteiger partial charge >= 0.3 is 5.97 Å². The van der Waals surface area contributed by atoms with E-state index in [-0.39, 0.29) is 5.41 Å². The third-order valence-corrected chi connectivity index (χ3v) is 2.94. The maximum absolute atomic E-state index is 10.5. The highest BCUT2D eigenvalue weighted by atomic mass is 16.4. The maximum Gasteiger partial charge on any atom is 0.303 e. The second-order valence-electron chi connectivity index (χ2n) is 3.63. The Morgan fingerprint density at radius 2 is 1.77 bits per heavy atom. The third-order valence-electron chi connectivity index (χ3n) is 2.94. The van der Waals surface area contributed by atoms with Crippen LogP contribution >= 0.6 is 0 Å². The van der Waals surface area contributed by atoms with Crippen LogP contribution in [0.2, 0.25) is 0 Å². The number of hydrogen-bond acceptors (Lipinski definition) is 1. The monoisotopic (exact) mass is 186 g/mol. The van der Waals surface area contributed by atoms with E-state index in [1.807, 2.05) is 13.8 Å². The highest BCUT2D eigenvalue weighted by molar-refractivity contribution is 5.67. The number of carboxylic acid groups (broad SMARTS) is 1. The third kappa shape index (κ3) is 3.79. The highest BCUT2D eigenvalue weighted by Crippen LogP contribution is 2.43. The van der Waals surface area contributed by atoms with Gasteiger partial charge in [0.1, 0.15) is 0 Å².